The van der Waals surface area contributed by atoms with Crippen LogP contribution < -0.4 is 0 Å². The van der Waals surface area contributed by atoms with Crippen LogP contribution in [-0.2, 0) is 57.2 Å². The van der Waals surface area contributed by atoms with Gasteiger partial charge in [0.25, 0.3) is 0 Å². The Morgan fingerprint density at radius 2 is 0.846 bits per heavy atom. The van der Waals surface area contributed by atoms with Gasteiger partial charge in [0.05, 0.1) is 25.7 Å². The summed E-state index contributed by atoms with van der Waals surface area (Å²) in [5.41, 5.74) is -1.38. The van der Waals surface area contributed by atoms with Gasteiger partial charge in [-0.15, -0.1) is 0 Å². The van der Waals surface area contributed by atoms with Crippen LogP contribution in [0.25, 0.3) is 0 Å². The number of rotatable bonds is 12. The highest BCUT2D eigenvalue weighted by atomic mass is 16.6. The highest BCUT2D eigenvalue weighted by molar-refractivity contribution is 5.81. The first-order chi connectivity index (χ1) is 18.0. The molecule has 0 N–H and O–H groups in total. The summed E-state index contributed by atoms with van der Waals surface area (Å²) in [5.74, 6) is -3.76. The number of ether oxygens (including phenoxy) is 6. The summed E-state index contributed by atoms with van der Waals surface area (Å²) in [5, 5.41) is 0. The average molecular weight is 557 g/mol. The highest BCUT2D eigenvalue weighted by Gasteiger charge is 2.49. The van der Waals surface area contributed by atoms with E-state index >= 15 is 0 Å². The van der Waals surface area contributed by atoms with Crippen molar-refractivity contribution < 1.29 is 57.2 Å². The molecule has 0 saturated heterocycles. The third-order valence-corrected chi connectivity index (χ3v) is 5.90. The topological polar surface area (TPSA) is 158 Å². The Kier molecular flexibility index (Phi) is 11.3. The molecule has 0 amide bonds. The summed E-state index contributed by atoms with van der Waals surface area (Å²) in [7, 11) is 0. The fraction of sp³-hybridized carbons (Fsp3) is 0.778. The molecule has 0 aromatic carbocycles. The van der Waals surface area contributed by atoms with Gasteiger partial charge in [0.15, 0.2) is 13.2 Å². The standard InChI is InChI=1S/C27H40O12/c1-26(2,3)38-24(32)14-34-20(28)7-9-22(30)36-18-12-17-11-16(18)13-19(17)37-23(31)10-8-21(29)35-15-25(33)39-27(4,5)6/h16-19H,7-15H2,1-6H3. The van der Waals surface area contributed by atoms with E-state index in [9.17, 15) is 28.8 Å². The second kappa shape index (κ2) is 13.7. The van der Waals surface area contributed by atoms with Gasteiger partial charge in [-0.05, 0) is 72.6 Å². The molecular formula is C27H40O12. The quantitative estimate of drug-likeness (QED) is 0.256. The van der Waals surface area contributed by atoms with E-state index in [4.69, 9.17) is 28.4 Å². The molecule has 2 fully saturated rings. The van der Waals surface area contributed by atoms with Crippen molar-refractivity contribution in [3.63, 3.8) is 0 Å². The summed E-state index contributed by atoms with van der Waals surface area (Å²) < 4.78 is 30.8. The molecule has 0 heterocycles. The summed E-state index contributed by atoms with van der Waals surface area (Å²) in [6.07, 6.45) is 0.381. The lowest BCUT2D eigenvalue weighted by molar-refractivity contribution is -0.168. The van der Waals surface area contributed by atoms with Gasteiger partial charge in [-0.1, -0.05) is 0 Å². The Hall–Kier alpha value is -3.18. The van der Waals surface area contributed by atoms with Crippen LogP contribution in [0.3, 0.4) is 0 Å². The molecule has 2 aliphatic rings. The van der Waals surface area contributed by atoms with Crippen molar-refractivity contribution in [2.24, 2.45) is 11.8 Å². The molecule has 12 nitrogen and oxygen atoms in total. The zero-order chi connectivity index (χ0) is 29.4. The third kappa shape index (κ3) is 12.5. The fourth-order valence-corrected chi connectivity index (χ4v) is 4.49. The van der Waals surface area contributed by atoms with Gasteiger partial charge in [0.2, 0.25) is 0 Å². The fourth-order valence-electron chi connectivity index (χ4n) is 4.49. The van der Waals surface area contributed by atoms with Crippen molar-refractivity contribution in [2.45, 2.75) is 110 Å². The minimum Gasteiger partial charge on any atom is -0.462 e. The van der Waals surface area contributed by atoms with E-state index in [1.54, 1.807) is 41.5 Å². The zero-order valence-electron chi connectivity index (χ0n) is 23.6. The highest BCUT2D eigenvalue weighted by Crippen LogP contribution is 2.47. The Morgan fingerprint density at radius 3 is 1.15 bits per heavy atom. The average Bonchev–Trinajstić information content (AvgIpc) is 3.36. The Labute approximate surface area is 228 Å². The minimum absolute atomic E-state index is 0.0367. The molecule has 0 aliphatic heterocycles. The van der Waals surface area contributed by atoms with E-state index in [1.165, 1.54) is 0 Å². The Bertz CT molecular complexity index is 852. The van der Waals surface area contributed by atoms with E-state index in [0.29, 0.717) is 12.8 Å². The van der Waals surface area contributed by atoms with Crippen LogP contribution >= 0.6 is 0 Å². The SMILES string of the molecule is CC(C)(C)OC(=O)COC(=O)CCC(=O)OC1CC2CC1CC2OC(=O)CCC(=O)OCC(=O)OC(C)(C)C. The van der Waals surface area contributed by atoms with Crippen LogP contribution in [0, 0.1) is 11.8 Å². The molecule has 0 spiro atoms. The van der Waals surface area contributed by atoms with E-state index in [-0.39, 0.29) is 49.7 Å². The molecule has 39 heavy (non-hydrogen) atoms. The number of fused-ring (bicyclic) bond motifs is 2. The summed E-state index contributed by atoms with van der Waals surface area (Å²) in [6, 6.07) is 0. The van der Waals surface area contributed by atoms with Gasteiger partial charge < -0.3 is 28.4 Å². The molecule has 0 aromatic rings. The molecule has 4 atom stereocenters. The maximum Gasteiger partial charge on any atom is 0.344 e. The van der Waals surface area contributed by atoms with E-state index in [0.717, 1.165) is 6.42 Å². The van der Waals surface area contributed by atoms with Gasteiger partial charge in [-0.2, -0.15) is 0 Å². The number of esters is 6. The summed E-state index contributed by atoms with van der Waals surface area (Å²) in [6.45, 7) is 9.13. The smallest absolute Gasteiger partial charge is 0.344 e. The third-order valence-electron chi connectivity index (χ3n) is 5.90. The molecule has 0 radical (unpaired) electrons. The first kappa shape index (κ1) is 32.0. The van der Waals surface area contributed by atoms with Crippen LogP contribution in [0.15, 0.2) is 0 Å². The number of hydrogen-bond donors (Lipinski definition) is 0. The molecule has 220 valence electrons. The van der Waals surface area contributed by atoms with Gasteiger partial charge in [-0.25, -0.2) is 9.59 Å². The summed E-state index contributed by atoms with van der Waals surface area (Å²) in [4.78, 5) is 71.2. The lowest BCUT2D eigenvalue weighted by Gasteiger charge is -2.27. The predicted octanol–water partition coefficient (Wildman–Crippen LogP) is 2.57. The van der Waals surface area contributed by atoms with Gasteiger partial charge in [0.1, 0.15) is 23.4 Å². The minimum atomic E-state index is -0.702. The molecule has 2 rings (SSSR count). The Balaban J connectivity index is 1.60. The molecular weight excluding hydrogens is 516 g/mol. The largest absolute Gasteiger partial charge is 0.462 e. The van der Waals surface area contributed by atoms with Crippen LogP contribution in [-0.4, -0.2) is 72.4 Å². The normalized spacial score (nSPS) is 22.0. The lowest BCUT2D eigenvalue weighted by Crippen LogP contribution is -2.32. The zero-order valence-corrected chi connectivity index (χ0v) is 23.6. The van der Waals surface area contributed by atoms with E-state index in [1.807, 2.05) is 0 Å². The van der Waals surface area contributed by atoms with Crippen molar-refractivity contribution in [1.29, 1.82) is 0 Å². The van der Waals surface area contributed by atoms with Crippen molar-refractivity contribution in [3.8, 4) is 0 Å². The lowest BCUT2D eigenvalue weighted by atomic mass is 9.95. The molecule has 2 saturated carbocycles. The van der Waals surface area contributed by atoms with Crippen molar-refractivity contribution in [2.75, 3.05) is 13.2 Å². The van der Waals surface area contributed by atoms with Crippen molar-refractivity contribution in [3.05, 3.63) is 0 Å². The maximum absolute atomic E-state index is 12.2. The molecule has 2 bridgehead atoms. The monoisotopic (exact) mass is 556 g/mol. The van der Waals surface area contributed by atoms with Crippen LogP contribution in [0.1, 0.15) is 86.5 Å². The molecule has 2 aliphatic carbocycles. The summed E-state index contributed by atoms with van der Waals surface area (Å²) >= 11 is 0. The number of hydrogen-bond acceptors (Lipinski definition) is 12. The predicted molar refractivity (Wildman–Crippen MR) is 133 cm³/mol. The van der Waals surface area contributed by atoms with Crippen LogP contribution in [0.5, 0.6) is 0 Å². The van der Waals surface area contributed by atoms with E-state index < -0.39 is 60.2 Å². The maximum atomic E-state index is 12.2. The molecule has 12 heteroatoms. The van der Waals surface area contributed by atoms with E-state index in [2.05, 4.69) is 0 Å². The second-order valence-electron chi connectivity index (χ2n) is 11.8. The van der Waals surface area contributed by atoms with Gasteiger partial charge >= 0.3 is 35.8 Å². The van der Waals surface area contributed by atoms with Gasteiger partial charge in [0, 0.05) is 0 Å². The van der Waals surface area contributed by atoms with Crippen molar-refractivity contribution in [1.82, 2.24) is 0 Å². The number of carbonyl (C=O) groups is 6. The molecule has 0 aromatic heterocycles. The first-order valence-corrected chi connectivity index (χ1v) is 13.1. The van der Waals surface area contributed by atoms with Crippen LogP contribution in [0.2, 0.25) is 0 Å². The number of carbonyl (C=O) groups excluding carboxylic acids is 6. The van der Waals surface area contributed by atoms with Gasteiger partial charge in [-0.3, -0.25) is 19.2 Å². The second-order valence-corrected chi connectivity index (χ2v) is 11.8. The van der Waals surface area contributed by atoms with Crippen molar-refractivity contribution >= 4 is 35.8 Å². The molecule has 4 unspecified atom stereocenters. The van der Waals surface area contributed by atoms with Crippen LogP contribution in [0.4, 0.5) is 0 Å². The first-order valence-electron chi connectivity index (χ1n) is 13.1. The Morgan fingerprint density at radius 1 is 0.513 bits per heavy atom.